The fraction of sp³-hybridized carbons (Fsp3) is 0.294. The van der Waals surface area contributed by atoms with E-state index in [0.717, 1.165) is 16.5 Å². The number of halogens is 1. The van der Waals surface area contributed by atoms with Crippen molar-refractivity contribution in [1.82, 2.24) is 0 Å². The lowest BCUT2D eigenvalue weighted by Crippen LogP contribution is -2.01. The maximum Gasteiger partial charge on any atom is 0.203 e. The molecule has 4 heteroatoms. The Balaban J connectivity index is 2.23. The Hall–Kier alpha value is -1.68. The molecule has 2 rings (SSSR count). The Labute approximate surface area is 134 Å². The predicted molar refractivity (Wildman–Crippen MR) is 87.7 cm³/mol. The highest BCUT2D eigenvalue weighted by atomic mass is 79.9. The number of alkyl halides is 1. The molecule has 0 unspecified atom stereocenters. The molecule has 0 spiro atoms. The SMILES string of the molecule is COc1cc(CBr)cc(OC)c1OCc1ccc(C)cc1. The molecular formula is C17H19BrO3. The summed E-state index contributed by atoms with van der Waals surface area (Å²) in [7, 11) is 3.26. The summed E-state index contributed by atoms with van der Waals surface area (Å²) in [5.41, 5.74) is 3.41. The molecule has 0 bridgehead atoms. The number of hydrogen-bond donors (Lipinski definition) is 0. The molecular weight excluding hydrogens is 332 g/mol. The Kier molecular flexibility index (Phi) is 5.51. The second-order valence-electron chi connectivity index (χ2n) is 4.74. The van der Waals surface area contributed by atoms with Crippen molar-refractivity contribution in [2.75, 3.05) is 14.2 Å². The van der Waals surface area contributed by atoms with Gasteiger partial charge >= 0.3 is 0 Å². The minimum absolute atomic E-state index is 0.473. The van der Waals surface area contributed by atoms with Gasteiger partial charge in [0.2, 0.25) is 5.75 Å². The fourth-order valence-electron chi connectivity index (χ4n) is 1.99. The first-order valence-corrected chi connectivity index (χ1v) is 7.79. The average Bonchev–Trinajstić information content (AvgIpc) is 2.53. The average molecular weight is 351 g/mol. The van der Waals surface area contributed by atoms with Crippen molar-refractivity contribution in [1.29, 1.82) is 0 Å². The monoisotopic (exact) mass is 350 g/mol. The largest absolute Gasteiger partial charge is 0.493 e. The van der Waals surface area contributed by atoms with Crippen molar-refractivity contribution in [3.63, 3.8) is 0 Å². The number of methoxy groups -OCH3 is 2. The van der Waals surface area contributed by atoms with E-state index in [2.05, 4.69) is 47.1 Å². The van der Waals surface area contributed by atoms with Gasteiger partial charge in [-0.05, 0) is 30.2 Å². The molecule has 2 aromatic rings. The number of aryl methyl sites for hydroxylation is 1. The topological polar surface area (TPSA) is 27.7 Å². The van der Waals surface area contributed by atoms with Crippen LogP contribution in [0.2, 0.25) is 0 Å². The molecule has 0 aliphatic carbocycles. The van der Waals surface area contributed by atoms with Gasteiger partial charge in [0.25, 0.3) is 0 Å². The Morgan fingerprint density at radius 1 is 0.905 bits per heavy atom. The fourth-order valence-corrected chi connectivity index (χ4v) is 2.32. The Bertz CT molecular complexity index is 568. The molecule has 0 saturated heterocycles. The zero-order chi connectivity index (χ0) is 15.2. The molecule has 0 atom stereocenters. The summed E-state index contributed by atoms with van der Waals surface area (Å²) in [5, 5.41) is 0.734. The van der Waals surface area contributed by atoms with Crippen LogP contribution >= 0.6 is 15.9 Å². The van der Waals surface area contributed by atoms with Gasteiger partial charge in [-0.1, -0.05) is 45.8 Å². The van der Waals surface area contributed by atoms with Crippen molar-refractivity contribution >= 4 is 15.9 Å². The lowest BCUT2D eigenvalue weighted by Gasteiger charge is -2.15. The van der Waals surface area contributed by atoms with Gasteiger partial charge in [-0.2, -0.15) is 0 Å². The molecule has 112 valence electrons. The molecule has 0 aliphatic heterocycles. The Morgan fingerprint density at radius 3 is 1.95 bits per heavy atom. The smallest absolute Gasteiger partial charge is 0.203 e. The summed E-state index contributed by atoms with van der Waals surface area (Å²) in [6.07, 6.45) is 0. The lowest BCUT2D eigenvalue weighted by atomic mass is 10.1. The second-order valence-corrected chi connectivity index (χ2v) is 5.30. The van der Waals surface area contributed by atoms with Gasteiger partial charge in [-0.3, -0.25) is 0 Å². The first-order valence-electron chi connectivity index (χ1n) is 6.67. The first kappa shape index (κ1) is 15.7. The van der Waals surface area contributed by atoms with Crippen molar-refractivity contribution in [3.05, 3.63) is 53.1 Å². The normalized spacial score (nSPS) is 10.3. The second kappa shape index (κ2) is 7.36. The van der Waals surface area contributed by atoms with Gasteiger partial charge in [-0.15, -0.1) is 0 Å². The van der Waals surface area contributed by atoms with Gasteiger partial charge in [0.15, 0.2) is 11.5 Å². The highest BCUT2D eigenvalue weighted by Crippen LogP contribution is 2.39. The number of rotatable bonds is 6. The minimum Gasteiger partial charge on any atom is -0.493 e. The molecule has 0 N–H and O–H groups in total. The maximum absolute atomic E-state index is 5.91. The summed E-state index contributed by atoms with van der Waals surface area (Å²) in [4.78, 5) is 0. The third-order valence-corrected chi connectivity index (χ3v) is 3.83. The molecule has 0 amide bonds. The van der Waals surface area contributed by atoms with Crippen LogP contribution in [0.25, 0.3) is 0 Å². The van der Waals surface area contributed by atoms with Crippen molar-refractivity contribution in [3.8, 4) is 17.2 Å². The molecule has 0 aromatic heterocycles. The van der Waals surface area contributed by atoms with E-state index in [4.69, 9.17) is 14.2 Å². The van der Waals surface area contributed by atoms with Crippen LogP contribution in [0.3, 0.4) is 0 Å². The van der Waals surface area contributed by atoms with E-state index in [9.17, 15) is 0 Å². The zero-order valence-corrected chi connectivity index (χ0v) is 14.1. The number of ether oxygens (including phenoxy) is 3. The van der Waals surface area contributed by atoms with Crippen molar-refractivity contribution in [2.45, 2.75) is 18.9 Å². The first-order chi connectivity index (χ1) is 10.2. The van der Waals surface area contributed by atoms with Crippen LogP contribution in [0.5, 0.6) is 17.2 Å². The standard InChI is InChI=1S/C17H19BrO3/c1-12-4-6-13(7-5-12)11-21-17-15(19-2)8-14(10-18)9-16(17)20-3/h4-9H,10-11H2,1-3H3. The van der Waals surface area contributed by atoms with E-state index in [1.807, 2.05) is 12.1 Å². The van der Waals surface area contributed by atoms with Gasteiger partial charge in [0.1, 0.15) is 6.61 Å². The van der Waals surface area contributed by atoms with E-state index in [1.165, 1.54) is 5.56 Å². The van der Waals surface area contributed by atoms with E-state index in [-0.39, 0.29) is 0 Å². The van der Waals surface area contributed by atoms with Crippen molar-refractivity contribution < 1.29 is 14.2 Å². The van der Waals surface area contributed by atoms with Crippen LogP contribution in [-0.4, -0.2) is 14.2 Å². The summed E-state index contributed by atoms with van der Waals surface area (Å²) in [6, 6.07) is 12.1. The van der Waals surface area contributed by atoms with Gasteiger partial charge in [-0.25, -0.2) is 0 Å². The molecule has 2 aromatic carbocycles. The Morgan fingerprint density at radius 2 is 1.48 bits per heavy atom. The summed E-state index contributed by atoms with van der Waals surface area (Å²) in [6.45, 7) is 2.54. The predicted octanol–water partition coefficient (Wildman–Crippen LogP) is 4.49. The van der Waals surface area contributed by atoms with Gasteiger partial charge in [0.05, 0.1) is 14.2 Å². The number of benzene rings is 2. The molecule has 21 heavy (non-hydrogen) atoms. The molecule has 0 heterocycles. The summed E-state index contributed by atoms with van der Waals surface area (Å²) < 4.78 is 16.7. The van der Waals surface area contributed by atoms with Gasteiger partial charge in [0, 0.05) is 5.33 Å². The molecule has 0 radical (unpaired) electrons. The van der Waals surface area contributed by atoms with Gasteiger partial charge < -0.3 is 14.2 Å². The highest BCUT2D eigenvalue weighted by Gasteiger charge is 2.14. The molecule has 0 aliphatic rings. The maximum atomic E-state index is 5.91. The van der Waals surface area contributed by atoms with E-state index >= 15 is 0 Å². The van der Waals surface area contributed by atoms with Crippen LogP contribution in [0.1, 0.15) is 16.7 Å². The van der Waals surface area contributed by atoms with E-state index in [0.29, 0.717) is 23.9 Å². The van der Waals surface area contributed by atoms with Crippen LogP contribution < -0.4 is 14.2 Å². The van der Waals surface area contributed by atoms with E-state index in [1.54, 1.807) is 14.2 Å². The molecule has 3 nitrogen and oxygen atoms in total. The van der Waals surface area contributed by atoms with Crippen LogP contribution in [0.4, 0.5) is 0 Å². The summed E-state index contributed by atoms with van der Waals surface area (Å²) in [5.74, 6) is 1.98. The quantitative estimate of drug-likeness (QED) is 0.718. The molecule has 0 saturated carbocycles. The van der Waals surface area contributed by atoms with Crippen LogP contribution in [0.15, 0.2) is 36.4 Å². The van der Waals surface area contributed by atoms with Crippen molar-refractivity contribution in [2.24, 2.45) is 0 Å². The van der Waals surface area contributed by atoms with E-state index < -0.39 is 0 Å². The minimum atomic E-state index is 0.473. The summed E-state index contributed by atoms with van der Waals surface area (Å²) >= 11 is 3.44. The van der Waals surface area contributed by atoms with Crippen LogP contribution in [-0.2, 0) is 11.9 Å². The molecule has 0 fully saturated rings. The third kappa shape index (κ3) is 3.91. The number of hydrogen-bond acceptors (Lipinski definition) is 3. The third-order valence-electron chi connectivity index (χ3n) is 3.18. The highest BCUT2D eigenvalue weighted by molar-refractivity contribution is 9.08. The lowest BCUT2D eigenvalue weighted by molar-refractivity contribution is 0.265. The van der Waals surface area contributed by atoms with Crippen LogP contribution in [0, 0.1) is 6.92 Å². The zero-order valence-electron chi connectivity index (χ0n) is 12.5.